The highest BCUT2D eigenvalue weighted by atomic mass is 79.9. The van der Waals surface area contributed by atoms with Gasteiger partial charge in [-0.1, -0.05) is 70.0 Å². The van der Waals surface area contributed by atoms with Crippen LogP contribution in [0, 0.1) is 0 Å². The first-order valence-electron chi connectivity index (χ1n) is 11.8. The molecule has 2 amide bonds. The van der Waals surface area contributed by atoms with Crippen LogP contribution in [0.3, 0.4) is 0 Å². The van der Waals surface area contributed by atoms with E-state index in [0.29, 0.717) is 27.8 Å². The predicted molar refractivity (Wildman–Crippen MR) is 147 cm³/mol. The van der Waals surface area contributed by atoms with Crippen molar-refractivity contribution in [2.75, 3.05) is 6.61 Å². The Labute approximate surface area is 227 Å². The fraction of sp³-hybridized carbons (Fsp3) is 0.481. The monoisotopic (exact) mass is 584 g/mol. The maximum atomic E-state index is 13.5. The highest BCUT2D eigenvalue weighted by Gasteiger charge is 2.30. The van der Waals surface area contributed by atoms with Crippen LogP contribution in [0.5, 0.6) is 5.75 Å². The molecule has 0 aliphatic rings. The second kappa shape index (κ2) is 13.0. The van der Waals surface area contributed by atoms with Gasteiger partial charge in [0.1, 0.15) is 11.8 Å². The summed E-state index contributed by atoms with van der Waals surface area (Å²) in [5, 5.41) is 3.86. The van der Waals surface area contributed by atoms with Gasteiger partial charge < -0.3 is 15.0 Å². The Kier molecular flexibility index (Phi) is 10.9. The molecule has 0 aromatic heterocycles. The summed E-state index contributed by atoms with van der Waals surface area (Å²) < 4.78 is 6.65. The maximum Gasteiger partial charge on any atom is 0.261 e. The van der Waals surface area contributed by atoms with E-state index < -0.39 is 6.04 Å². The SMILES string of the molecule is CC[C@@H](C)NC(=O)[C@@H](CC)N(Cc1c(Cl)cccc1Cl)C(=O)COc1ccc(C(C)(C)C)cc1Br. The molecule has 0 aliphatic carbocycles. The molecule has 0 saturated heterocycles. The summed E-state index contributed by atoms with van der Waals surface area (Å²) in [5.74, 6) is 0.00667. The minimum absolute atomic E-state index is 0.00839. The third-order valence-electron chi connectivity index (χ3n) is 5.93. The van der Waals surface area contributed by atoms with Gasteiger partial charge in [-0.25, -0.2) is 0 Å². The van der Waals surface area contributed by atoms with Crippen molar-refractivity contribution in [3.05, 3.63) is 62.0 Å². The molecule has 192 valence electrons. The van der Waals surface area contributed by atoms with Gasteiger partial charge in [0.2, 0.25) is 5.91 Å². The van der Waals surface area contributed by atoms with Crippen molar-refractivity contribution in [2.45, 2.75) is 78.4 Å². The van der Waals surface area contributed by atoms with Crippen LogP contribution >= 0.6 is 39.1 Å². The van der Waals surface area contributed by atoms with Crippen LogP contribution in [0.4, 0.5) is 0 Å². The number of benzene rings is 2. The Morgan fingerprint density at radius 3 is 2.23 bits per heavy atom. The number of ether oxygens (including phenoxy) is 1. The van der Waals surface area contributed by atoms with Crippen LogP contribution < -0.4 is 10.1 Å². The second-order valence-electron chi connectivity index (χ2n) is 9.65. The molecular formula is C27H35BrCl2N2O3. The molecular weight excluding hydrogens is 551 g/mol. The molecule has 0 fully saturated rings. The van der Waals surface area contributed by atoms with Crippen molar-refractivity contribution in [3.63, 3.8) is 0 Å². The summed E-state index contributed by atoms with van der Waals surface area (Å²) in [6, 6.07) is 10.3. The molecule has 0 spiro atoms. The molecule has 2 aromatic rings. The Morgan fingerprint density at radius 2 is 1.71 bits per heavy atom. The molecule has 35 heavy (non-hydrogen) atoms. The summed E-state index contributed by atoms with van der Waals surface area (Å²) in [4.78, 5) is 28.1. The topological polar surface area (TPSA) is 58.6 Å². The van der Waals surface area contributed by atoms with Crippen molar-refractivity contribution in [2.24, 2.45) is 0 Å². The van der Waals surface area contributed by atoms with E-state index in [0.717, 1.165) is 16.5 Å². The van der Waals surface area contributed by atoms with Crippen LogP contribution in [0.15, 0.2) is 40.9 Å². The van der Waals surface area contributed by atoms with E-state index in [4.69, 9.17) is 27.9 Å². The van der Waals surface area contributed by atoms with Gasteiger partial charge in [-0.3, -0.25) is 9.59 Å². The molecule has 2 atom stereocenters. The lowest BCUT2D eigenvalue weighted by Gasteiger charge is -2.32. The van der Waals surface area contributed by atoms with Gasteiger partial charge >= 0.3 is 0 Å². The quantitative estimate of drug-likeness (QED) is 0.322. The smallest absolute Gasteiger partial charge is 0.261 e. The minimum Gasteiger partial charge on any atom is -0.483 e. The number of amides is 2. The molecule has 0 aliphatic heterocycles. The van der Waals surface area contributed by atoms with Crippen LogP contribution in [-0.2, 0) is 21.5 Å². The predicted octanol–water partition coefficient (Wildman–Crippen LogP) is 7.15. The van der Waals surface area contributed by atoms with Crippen LogP contribution in [0.1, 0.15) is 65.5 Å². The van der Waals surface area contributed by atoms with E-state index in [-0.39, 0.29) is 36.4 Å². The standard InChI is InChI=1S/C27H35BrCl2N2O3/c1-7-17(3)31-26(34)23(8-2)32(15-19-21(29)10-9-11-22(19)30)25(33)16-35-24-13-12-18(14-20(24)28)27(4,5)6/h9-14,17,23H,7-8,15-16H2,1-6H3,(H,31,34)/t17-,23-/m1/s1. The van der Waals surface area contributed by atoms with Gasteiger partial charge in [0.15, 0.2) is 6.61 Å². The van der Waals surface area contributed by atoms with Gasteiger partial charge in [0.25, 0.3) is 5.91 Å². The molecule has 2 aromatic carbocycles. The summed E-state index contributed by atoms with van der Waals surface area (Å²) in [6.07, 6.45) is 1.22. The van der Waals surface area contributed by atoms with Gasteiger partial charge in [-0.05, 0) is 70.9 Å². The minimum atomic E-state index is -0.695. The van der Waals surface area contributed by atoms with Crippen molar-refractivity contribution < 1.29 is 14.3 Å². The molecule has 0 saturated carbocycles. The zero-order chi connectivity index (χ0) is 26.3. The number of hydrogen-bond acceptors (Lipinski definition) is 3. The van der Waals surface area contributed by atoms with E-state index in [1.165, 1.54) is 4.90 Å². The van der Waals surface area contributed by atoms with Gasteiger partial charge in [-0.15, -0.1) is 0 Å². The Hall–Kier alpha value is -1.76. The largest absolute Gasteiger partial charge is 0.483 e. The molecule has 1 N–H and O–H groups in total. The molecule has 0 bridgehead atoms. The second-order valence-corrected chi connectivity index (χ2v) is 11.3. The summed E-state index contributed by atoms with van der Waals surface area (Å²) in [7, 11) is 0. The summed E-state index contributed by atoms with van der Waals surface area (Å²) >= 11 is 16.3. The van der Waals surface area contributed by atoms with Crippen LogP contribution in [0.2, 0.25) is 10.0 Å². The van der Waals surface area contributed by atoms with E-state index in [1.807, 2.05) is 39.0 Å². The highest BCUT2D eigenvalue weighted by molar-refractivity contribution is 9.10. The van der Waals surface area contributed by atoms with Crippen molar-refractivity contribution in [3.8, 4) is 5.75 Å². The fourth-order valence-electron chi connectivity index (χ4n) is 3.52. The van der Waals surface area contributed by atoms with E-state index in [2.05, 4.69) is 42.0 Å². The number of rotatable bonds is 10. The number of carbonyl (C=O) groups excluding carboxylic acids is 2. The molecule has 2 rings (SSSR count). The molecule has 0 unspecified atom stereocenters. The number of carbonyl (C=O) groups is 2. The zero-order valence-electron chi connectivity index (χ0n) is 21.3. The number of nitrogens with one attached hydrogen (secondary N) is 1. The third-order valence-corrected chi connectivity index (χ3v) is 7.25. The number of hydrogen-bond donors (Lipinski definition) is 1. The van der Waals surface area contributed by atoms with E-state index in [1.54, 1.807) is 18.2 Å². The van der Waals surface area contributed by atoms with Crippen molar-refractivity contribution in [1.82, 2.24) is 10.2 Å². The number of nitrogens with zero attached hydrogens (tertiary/aromatic N) is 1. The lowest BCUT2D eigenvalue weighted by Crippen LogP contribution is -2.51. The van der Waals surface area contributed by atoms with Crippen LogP contribution in [-0.4, -0.2) is 35.4 Å². The molecule has 0 heterocycles. The first kappa shape index (κ1) is 29.5. The maximum absolute atomic E-state index is 13.5. The first-order valence-corrected chi connectivity index (χ1v) is 13.4. The Morgan fingerprint density at radius 1 is 1.09 bits per heavy atom. The zero-order valence-corrected chi connectivity index (χ0v) is 24.4. The third kappa shape index (κ3) is 8.12. The lowest BCUT2D eigenvalue weighted by molar-refractivity contribution is -0.143. The average molecular weight is 586 g/mol. The van der Waals surface area contributed by atoms with Crippen LogP contribution in [0.25, 0.3) is 0 Å². The average Bonchev–Trinajstić information content (AvgIpc) is 2.78. The molecule has 5 nitrogen and oxygen atoms in total. The Balaban J connectivity index is 2.31. The number of halogens is 3. The first-order chi connectivity index (χ1) is 16.4. The highest BCUT2D eigenvalue weighted by Crippen LogP contribution is 2.32. The Bertz CT molecular complexity index is 1020. The molecule has 0 radical (unpaired) electrons. The van der Waals surface area contributed by atoms with Gasteiger partial charge in [0, 0.05) is 28.2 Å². The lowest BCUT2D eigenvalue weighted by atomic mass is 9.87. The fourth-order valence-corrected chi connectivity index (χ4v) is 4.53. The van der Waals surface area contributed by atoms with Gasteiger partial charge in [-0.2, -0.15) is 0 Å². The van der Waals surface area contributed by atoms with Crippen molar-refractivity contribution in [1.29, 1.82) is 0 Å². The summed E-state index contributed by atoms with van der Waals surface area (Å²) in [5.41, 5.74) is 1.72. The van der Waals surface area contributed by atoms with E-state index >= 15 is 0 Å². The molecule has 8 heteroatoms. The normalized spacial score (nSPS) is 13.2. The summed E-state index contributed by atoms with van der Waals surface area (Å²) in [6.45, 7) is 12.1. The van der Waals surface area contributed by atoms with Crippen molar-refractivity contribution >= 4 is 50.9 Å². The van der Waals surface area contributed by atoms with E-state index in [9.17, 15) is 9.59 Å². The van der Waals surface area contributed by atoms with Gasteiger partial charge in [0.05, 0.1) is 4.47 Å².